The van der Waals surface area contributed by atoms with Crippen LogP contribution in [-0.2, 0) is 14.3 Å². The van der Waals surface area contributed by atoms with Crippen LogP contribution in [0.2, 0.25) is 0 Å². The van der Waals surface area contributed by atoms with Gasteiger partial charge in [0.25, 0.3) is 0 Å². The highest BCUT2D eigenvalue weighted by atomic mass is 16.5. The number of ether oxygens (including phenoxy) is 1. The SMILES string of the molecule is CC(OC(=O)CCCC(=O)O)C(C)(C)C. The van der Waals surface area contributed by atoms with Crippen LogP contribution in [0.5, 0.6) is 0 Å². The Morgan fingerprint density at radius 2 is 1.80 bits per heavy atom. The van der Waals surface area contributed by atoms with E-state index in [0.29, 0.717) is 6.42 Å². The van der Waals surface area contributed by atoms with E-state index in [1.807, 2.05) is 27.7 Å². The van der Waals surface area contributed by atoms with E-state index in [9.17, 15) is 9.59 Å². The molecule has 0 aliphatic rings. The number of esters is 1. The van der Waals surface area contributed by atoms with Crippen LogP contribution in [0.4, 0.5) is 0 Å². The van der Waals surface area contributed by atoms with Crippen molar-refractivity contribution >= 4 is 11.9 Å². The molecule has 4 heteroatoms. The predicted molar refractivity (Wildman–Crippen MR) is 56.5 cm³/mol. The third kappa shape index (κ3) is 6.94. The molecule has 0 aliphatic heterocycles. The van der Waals surface area contributed by atoms with Crippen molar-refractivity contribution < 1.29 is 19.4 Å². The monoisotopic (exact) mass is 216 g/mol. The van der Waals surface area contributed by atoms with Crippen LogP contribution in [0, 0.1) is 5.41 Å². The molecule has 88 valence electrons. The maximum Gasteiger partial charge on any atom is 0.306 e. The Morgan fingerprint density at radius 3 is 2.20 bits per heavy atom. The summed E-state index contributed by atoms with van der Waals surface area (Å²) in [6.45, 7) is 7.81. The summed E-state index contributed by atoms with van der Waals surface area (Å²) in [7, 11) is 0. The fourth-order valence-corrected chi connectivity index (χ4v) is 0.817. The van der Waals surface area contributed by atoms with Crippen molar-refractivity contribution in [3.63, 3.8) is 0 Å². The molecule has 0 bridgehead atoms. The number of hydrogen-bond donors (Lipinski definition) is 1. The molecule has 0 amide bonds. The Morgan fingerprint density at radius 1 is 1.27 bits per heavy atom. The average molecular weight is 216 g/mol. The van der Waals surface area contributed by atoms with Crippen molar-refractivity contribution in [2.45, 2.75) is 53.1 Å². The van der Waals surface area contributed by atoms with Gasteiger partial charge in [-0.15, -0.1) is 0 Å². The van der Waals surface area contributed by atoms with Gasteiger partial charge >= 0.3 is 11.9 Å². The molecular weight excluding hydrogens is 196 g/mol. The molecule has 0 aromatic carbocycles. The lowest BCUT2D eigenvalue weighted by Gasteiger charge is -2.26. The Labute approximate surface area is 90.6 Å². The van der Waals surface area contributed by atoms with E-state index in [4.69, 9.17) is 9.84 Å². The largest absolute Gasteiger partial charge is 0.481 e. The first-order valence-electron chi connectivity index (χ1n) is 5.14. The van der Waals surface area contributed by atoms with E-state index in [1.165, 1.54) is 0 Å². The molecule has 1 N–H and O–H groups in total. The van der Waals surface area contributed by atoms with Crippen molar-refractivity contribution in [2.75, 3.05) is 0 Å². The smallest absolute Gasteiger partial charge is 0.306 e. The molecule has 0 saturated carbocycles. The van der Waals surface area contributed by atoms with Crippen molar-refractivity contribution in [3.8, 4) is 0 Å². The van der Waals surface area contributed by atoms with Crippen LogP contribution in [0.1, 0.15) is 47.0 Å². The second kappa shape index (κ2) is 5.73. The summed E-state index contributed by atoms with van der Waals surface area (Å²) in [6.07, 6.45) is 0.367. The van der Waals surface area contributed by atoms with Gasteiger partial charge in [0.15, 0.2) is 0 Å². The highest BCUT2D eigenvalue weighted by molar-refractivity contribution is 5.71. The molecule has 0 rings (SSSR count). The third-order valence-electron chi connectivity index (χ3n) is 2.30. The number of hydrogen-bond acceptors (Lipinski definition) is 3. The maximum atomic E-state index is 11.3. The number of carboxylic acids is 1. The summed E-state index contributed by atoms with van der Waals surface area (Å²) in [5.74, 6) is -1.20. The summed E-state index contributed by atoms with van der Waals surface area (Å²) in [5.41, 5.74) is -0.0809. The standard InChI is InChI=1S/C11H20O4/c1-8(11(2,3)4)15-10(14)7-5-6-9(12)13/h8H,5-7H2,1-4H3,(H,12,13). The minimum Gasteiger partial charge on any atom is -0.481 e. The van der Waals surface area contributed by atoms with Crippen molar-refractivity contribution in [3.05, 3.63) is 0 Å². The van der Waals surface area contributed by atoms with Gasteiger partial charge < -0.3 is 9.84 Å². The summed E-state index contributed by atoms with van der Waals surface area (Å²) >= 11 is 0. The molecule has 0 radical (unpaired) electrons. The zero-order valence-electron chi connectivity index (χ0n) is 9.87. The van der Waals surface area contributed by atoms with E-state index in [2.05, 4.69) is 0 Å². The Hall–Kier alpha value is -1.06. The second-order valence-corrected chi connectivity index (χ2v) is 4.75. The number of carboxylic acid groups (broad SMARTS) is 1. The number of aliphatic carboxylic acids is 1. The topological polar surface area (TPSA) is 63.6 Å². The molecule has 0 saturated heterocycles. The van der Waals surface area contributed by atoms with E-state index in [0.717, 1.165) is 0 Å². The zero-order chi connectivity index (χ0) is 12.1. The quantitative estimate of drug-likeness (QED) is 0.716. The van der Waals surface area contributed by atoms with Gasteiger partial charge in [-0.2, -0.15) is 0 Å². The normalized spacial score (nSPS) is 13.3. The third-order valence-corrected chi connectivity index (χ3v) is 2.30. The van der Waals surface area contributed by atoms with Crippen LogP contribution in [0.25, 0.3) is 0 Å². The van der Waals surface area contributed by atoms with Crippen molar-refractivity contribution in [1.29, 1.82) is 0 Å². The van der Waals surface area contributed by atoms with Gasteiger partial charge in [-0.1, -0.05) is 20.8 Å². The number of carbonyl (C=O) groups is 2. The van der Waals surface area contributed by atoms with E-state index >= 15 is 0 Å². The molecule has 0 aromatic heterocycles. The molecule has 0 fully saturated rings. The molecule has 4 nitrogen and oxygen atoms in total. The van der Waals surface area contributed by atoms with E-state index in [1.54, 1.807) is 0 Å². The van der Waals surface area contributed by atoms with Gasteiger partial charge in [0.2, 0.25) is 0 Å². The number of carbonyl (C=O) groups excluding carboxylic acids is 1. The highest BCUT2D eigenvalue weighted by Gasteiger charge is 2.23. The van der Waals surface area contributed by atoms with Gasteiger partial charge in [-0.05, 0) is 18.8 Å². The van der Waals surface area contributed by atoms with Gasteiger partial charge in [-0.3, -0.25) is 9.59 Å². The van der Waals surface area contributed by atoms with Crippen LogP contribution in [-0.4, -0.2) is 23.1 Å². The summed E-state index contributed by atoms with van der Waals surface area (Å²) in [5, 5.41) is 8.39. The number of rotatable bonds is 5. The fraction of sp³-hybridized carbons (Fsp3) is 0.818. The lowest BCUT2D eigenvalue weighted by atomic mass is 9.90. The molecule has 0 heterocycles. The van der Waals surface area contributed by atoms with Gasteiger partial charge in [0, 0.05) is 12.8 Å². The van der Waals surface area contributed by atoms with Crippen LogP contribution in [0.15, 0.2) is 0 Å². The first kappa shape index (κ1) is 13.9. The average Bonchev–Trinajstić information content (AvgIpc) is 2.01. The second-order valence-electron chi connectivity index (χ2n) is 4.75. The Kier molecular flexibility index (Phi) is 5.33. The molecule has 1 atom stereocenters. The lowest BCUT2D eigenvalue weighted by molar-refractivity contribution is -0.153. The molecule has 0 aromatic rings. The molecule has 0 aliphatic carbocycles. The zero-order valence-corrected chi connectivity index (χ0v) is 9.87. The van der Waals surface area contributed by atoms with Crippen LogP contribution < -0.4 is 0 Å². The maximum absolute atomic E-state index is 11.3. The molecular formula is C11H20O4. The molecule has 15 heavy (non-hydrogen) atoms. The van der Waals surface area contributed by atoms with Crippen LogP contribution >= 0.6 is 0 Å². The Balaban J connectivity index is 3.79. The minimum atomic E-state index is -0.883. The van der Waals surface area contributed by atoms with Gasteiger partial charge in [-0.25, -0.2) is 0 Å². The van der Waals surface area contributed by atoms with Crippen molar-refractivity contribution in [1.82, 2.24) is 0 Å². The lowest BCUT2D eigenvalue weighted by Crippen LogP contribution is -2.28. The predicted octanol–water partition coefficient (Wildman–Crippen LogP) is 2.22. The summed E-state index contributed by atoms with van der Waals surface area (Å²) in [6, 6.07) is 0. The van der Waals surface area contributed by atoms with Crippen molar-refractivity contribution in [2.24, 2.45) is 5.41 Å². The summed E-state index contributed by atoms with van der Waals surface area (Å²) < 4.78 is 5.16. The van der Waals surface area contributed by atoms with Gasteiger partial charge in [0.1, 0.15) is 6.10 Å². The molecule has 0 spiro atoms. The highest BCUT2D eigenvalue weighted by Crippen LogP contribution is 2.22. The van der Waals surface area contributed by atoms with Gasteiger partial charge in [0.05, 0.1) is 0 Å². The van der Waals surface area contributed by atoms with Crippen LogP contribution in [0.3, 0.4) is 0 Å². The first-order chi connectivity index (χ1) is 6.73. The first-order valence-corrected chi connectivity index (χ1v) is 5.14. The fourth-order valence-electron chi connectivity index (χ4n) is 0.817. The minimum absolute atomic E-state index is 0.0129. The van der Waals surface area contributed by atoms with E-state index < -0.39 is 5.97 Å². The Bertz CT molecular complexity index is 227. The summed E-state index contributed by atoms with van der Waals surface area (Å²) in [4.78, 5) is 21.5. The van der Waals surface area contributed by atoms with E-state index in [-0.39, 0.29) is 30.3 Å². The molecule has 1 unspecified atom stereocenters.